The lowest BCUT2D eigenvalue weighted by Crippen LogP contribution is -2.27. The third-order valence-electron chi connectivity index (χ3n) is 2.70. The van der Waals surface area contributed by atoms with Gasteiger partial charge >= 0.3 is 0 Å². The molecule has 0 aliphatic heterocycles. The number of methoxy groups -OCH3 is 1. The van der Waals surface area contributed by atoms with Crippen LogP contribution in [0.3, 0.4) is 0 Å². The summed E-state index contributed by atoms with van der Waals surface area (Å²) in [5.74, 6) is 0. The first-order valence-corrected chi connectivity index (χ1v) is 5.54. The van der Waals surface area contributed by atoms with Crippen molar-refractivity contribution in [3.63, 3.8) is 0 Å². The molecule has 0 heterocycles. The van der Waals surface area contributed by atoms with Gasteiger partial charge in [0.25, 0.3) is 0 Å². The zero-order valence-corrected chi connectivity index (χ0v) is 9.86. The number of nitrogens with two attached hydrogens (primary N) is 1. The van der Waals surface area contributed by atoms with Gasteiger partial charge in [0.1, 0.15) is 0 Å². The summed E-state index contributed by atoms with van der Waals surface area (Å²) in [4.78, 5) is 0. The Balaban J connectivity index is 2.77. The van der Waals surface area contributed by atoms with Crippen LogP contribution in [0.1, 0.15) is 36.9 Å². The largest absolute Gasteiger partial charge is 0.379 e. The van der Waals surface area contributed by atoms with E-state index in [2.05, 4.69) is 32.0 Å². The fourth-order valence-corrected chi connectivity index (χ4v) is 1.82. The molecule has 0 aliphatic carbocycles. The lowest BCUT2D eigenvalue weighted by Gasteiger charge is -2.22. The number of ether oxygens (including phenoxy) is 1. The van der Waals surface area contributed by atoms with E-state index >= 15 is 0 Å². The van der Waals surface area contributed by atoms with Crippen molar-refractivity contribution in [1.29, 1.82) is 0 Å². The molecule has 2 atom stereocenters. The van der Waals surface area contributed by atoms with Gasteiger partial charge in [0, 0.05) is 7.11 Å². The van der Waals surface area contributed by atoms with Gasteiger partial charge in [0.2, 0.25) is 0 Å². The predicted molar refractivity (Wildman–Crippen MR) is 63.8 cm³/mol. The molecule has 1 rings (SSSR count). The van der Waals surface area contributed by atoms with E-state index in [-0.39, 0.29) is 12.1 Å². The van der Waals surface area contributed by atoms with Crippen molar-refractivity contribution >= 4 is 0 Å². The summed E-state index contributed by atoms with van der Waals surface area (Å²) in [7, 11) is 1.73. The number of hydrogen-bond donors (Lipinski definition) is 1. The van der Waals surface area contributed by atoms with Crippen molar-refractivity contribution in [2.24, 2.45) is 5.73 Å². The molecule has 1 aromatic rings. The summed E-state index contributed by atoms with van der Waals surface area (Å²) in [6.07, 6.45) is 2.22. The predicted octanol–water partition coefficient (Wildman–Crippen LogP) is 2.81. The highest BCUT2D eigenvalue weighted by Crippen LogP contribution is 2.20. The Bertz CT molecular complexity index is 298. The second kappa shape index (κ2) is 5.89. The summed E-state index contributed by atoms with van der Waals surface area (Å²) < 4.78 is 5.42. The average molecular weight is 207 g/mol. The van der Waals surface area contributed by atoms with Crippen LogP contribution in [0.25, 0.3) is 0 Å². The van der Waals surface area contributed by atoms with Gasteiger partial charge in [-0.1, -0.05) is 43.2 Å². The molecule has 0 aliphatic rings. The van der Waals surface area contributed by atoms with Crippen LogP contribution in [-0.2, 0) is 4.74 Å². The summed E-state index contributed by atoms with van der Waals surface area (Å²) in [6.45, 7) is 4.23. The molecule has 0 amide bonds. The van der Waals surface area contributed by atoms with Crippen LogP contribution in [0, 0.1) is 6.92 Å². The van der Waals surface area contributed by atoms with E-state index in [0.29, 0.717) is 0 Å². The summed E-state index contributed by atoms with van der Waals surface area (Å²) >= 11 is 0. The quantitative estimate of drug-likeness (QED) is 0.805. The maximum Gasteiger partial charge on any atom is 0.0763 e. The molecule has 0 saturated heterocycles. The molecule has 0 fully saturated rings. The van der Waals surface area contributed by atoms with Gasteiger partial charge < -0.3 is 10.5 Å². The molecule has 15 heavy (non-hydrogen) atoms. The Kier molecular flexibility index (Phi) is 4.79. The SMILES string of the molecule is CCCC(OC)C(N)c1cccc(C)c1. The van der Waals surface area contributed by atoms with Crippen LogP contribution in [0.4, 0.5) is 0 Å². The summed E-state index contributed by atoms with van der Waals surface area (Å²) in [6, 6.07) is 8.31. The second-order valence-corrected chi connectivity index (χ2v) is 4.00. The van der Waals surface area contributed by atoms with Gasteiger partial charge in [-0.25, -0.2) is 0 Å². The monoisotopic (exact) mass is 207 g/mol. The highest BCUT2D eigenvalue weighted by molar-refractivity contribution is 5.25. The van der Waals surface area contributed by atoms with Crippen LogP contribution in [0.5, 0.6) is 0 Å². The van der Waals surface area contributed by atoms with Crippen LogP contribution >= 0.6 is 0 Å². The van der Waals surface area contributed by atoms with Crippen LogP contribution in [-0.4, -0.2) is 13.2 Å². The molecule has 0 aromatic heterocycles. The zero-order valence-electron chi connectivity index (χ0n) is 9.86. The molecule has 1 aromatic carbocycles. The smallest absolute Gasteiger partial charge is 0.0763 e. The van der Waals surface area contributed by atoms with Gasteiger partial charge in [-0.2, -0.15) is 0 Å². The number of hydrogen-bond acceptors (Lipinski definition) is 2. The first-order valence-electron chi connectivity index (χ1n) is 5.54. The molecular weight excluding hydrogens is 186 g/mol. The van der Waals surface area contributed by atoms with Crippen molar-refractivity contribution < 1.29 is 4.74 Å². The molecule has 0 spiro atoms. The number of aryl methyl sites for hydroxylation is 1. The second-order valence-electron chi connectivity index (χ2n) is 4.00. The molecule has 0 radical (unpaired) electrons. The van der Waals surface area contributed by atoms with E-state index in [4.69, 9.17) is 10.5 Å². The molecule has 2 N–H and O–H groups in total. The molecule has 84 valence electrons. The highest BCUT2D eigenvalue weighted by atomic mass is 16.5. The molecular formula is C13H21NO. The normalized spacial score (nSPS) is 14.9. The van der Waals surface area contributed by atoms with Crippen molar-refractivity contribution in [2.75, 3.05) is 7.11 Å². The van der Waals surface area contributed by atoms with Crippen molar-refractivity contribution in [1.82, 2.24) is 0 Å². The molecule has 2 nitrogen and oxygen atoms in total. The topological polar surface area (TPSA) is 35.2 Å². The van der Waals surface area contributed by atoms with E-state index in [1.54, 1.807) is 7.11 Å². The van der Waals surface area contributed by atoms with E-state index in [9.17, 15) is 0 Å². The molecule has 2 heteroatoms. The molecule has 0 bridgehead atoms. The third-order valence-corrected chi connectivity index (χ3v) is 2.70. The molecule has 2 unspecified atom stereocenters. The summed E-state index contributed by atoms with van der Waals surface area (Å²) in [5.41, 5.74) is 8.59. The number of rotatable bonds is 5. The van der Waals surface area contributed by atoms with Crippen LogP contribution < -0.4 is 5.73 Å². The maximum atomic E-state index is 6.18. The van der Waals surface area contributed by atoms with Crippen molar-refractivity contribution in [3.8, 4) is 0 Å². The Labute approximate surface area is 92.4 Å². The Morgan fingerprint density at radius 2 is 2.13 bits per heavy atom. The first kappa shape index (κ1) is 12.2. The van der Waals surface area contributed by atoms with Gasteiger partial charge in [-0.05, 0) is 18.9 Å². The lowest BCUT2D eigenvalue weighted by atomic mass is 9.98. The van der Waals surface area contributed by atoms with E-state index < -0.39 is 0 Å². The van der Waals surface area contributed by atoms with Gasteiger partial charge in [-0.15, -0.1) is 0 Å². The highest BCUT2D eigenvalue weighted by Gasteiger charge is 2.17. The average Bonchev–Trinajstić information content (AvgIpc) is 2.25. The first-order chi connectivity index (χ1) is 7.19. The Morgan fingerprint density at radius 1 is 1.40 bits per heavy atom. The molecule has 0 saturated carbocycles. The minimum Gasteiger partial charge on any atom is -0.379 e. The van der Waals surface area contributed by atoms with Crippen molar-refractivity contribution in [2.45, 2.75) is 38.8 Å². The summed E-state index contributed by atoms with van der Waals surface area (Å²) in [5, 5.41) is 0. The fourth-order valence-electron chi connectivity index (χ4n) is 1.82. The minimum atomic E-state index is -0.0187. The van der Waals surface area contributed by atoms with Gasteiger partial charge in [-0.3, -0.25) is 0 Å². The van der Waals surface area contributed by atoms with Gasteiger partial charge in [0.05, 0.1) is 12.1 Å². The maximum absolute atomic E-state index is 6.18. The minimum absolute atomic E-state index is 0.0187. The van der Waals surface area contributed by atoms with Gasteiger partial charge in [0.15, 0.2) is 0 Å². The lowest BCUT2D eigenvalue weighted by molar-refractivity contribution is 0.0725. The fraction of sp³-hybridized carbons (Fsp3) is 0.538. The number of benzene rings is 1. The van der Waals surface area contributed by atoms with Crippen molar-refractivity contribution in [3.05, 3.63) is 35.4 Å². The third kappa shape index (κ3) is 3.33. The van der Waals surface area contributed by atoms with E-state index in [0.717, 1.165) is 18.4 Å². The van der Waals surface area contributed by atoms with Crippen LogP contribution in [0.2, 0.25) is 0 Å². The standard InChI is InChI=1S/C13H21NO/c1-4-6-12(15-3)13(14)11-8-5-7-10(2)9-11/h5,7-9,12-13H,4,6,14H2,1-3H3. The van der Waals surface area contributed by atoms with Crippen LogP contribution in [0.15, 0.2) is 24.3 Å². The van der Waals surface area contributed by atoms with E-state index in [1.807, 2.05) is 6.07 Å². The zero-order chi connectivity index (χ0) is 11.3. The van der Waals surface area contributed by atoms with E-state index in [1.165, 1.54) is 5.56 Å². The Hall–Kier alpha value is -0.860. The Morgan fingerprint density at radius 3 is 2.67 bits per heavy atom.